The molecule has 0 saturated heterocycles. The summed E-state index contributed by atoms with van der Waals surface area (Å²) >= 11 is 0. The van der Waals surface area contributed by atoms with E-state index in [2.05, 4.69) is 51.1 Å². The first kappa shape index (κ1) is 19.8. The standard InChI is InChI=1S/C17H33N2O2P/c1-14(2)19(15(3)4)22(20-13-12-18-7)21-16-8-10-17(5,6)11-9-16/h14-16H,8-13H2,1-6H3. The van der Waals surface area contributed by atoms with Crippen molar-refractivity contribution in [2.75, 3.05) is 13.2 Å². The van der Waals surface area contributed by atoms with E-state index in [0.29, 0.717) is 36.8 Å². The fourth-order valence-corrected chi connectivity index (χ4v) is 4.66. The van der Waals surface area contributed by atoms with Crippen LogP contribution in [0.1, 0.15) is 67.2 Å². The molecule has 0 radical (unpaired) electrons. The van der Waals surface area contributed by atoms with Crippen LogP contribution in [0, 0.1) is 12.0 Å². The van der Waals surface area contributed by atoms with E-state index in [1.54, 1.807) is 0 Å². The first-order valence-corrected chi connectivity index (χ1v) is 9.61. The van der Waals surface area contributed by atoms with Crippen molar-refractivity contribution in [1.82, 2.24) is 4.67 Å². The molecule has 0 bridgehead atoms. The lowest BCUT2D eigenvalue weighted by Gasteiger charge is -2.40. The molecule has 0 aromatic carbocycles. The van der Waals surface area contributed by atoms with Gasteiger partial charge in [0.15, 0.2) is 0 Å². The fourth-order valence-electron chi connectivity index (χ4n) is 2.90. The molecule has 0 aliphatic heterocycles. The third-order valence-corrected chi connectivity index (χ3v) is 6.36. The third-order valence-electron chi connectivity index (χ3n) is 4.18. The number of nitrogens with zero attached hydrogens (tertiary/aromatic N) is 2. The van der Waals surface area contributed by atoms with Crippen LogP contribution in [0.15, 0.2) is 0 Å². The molecule has 1 aliphatic rings. The van der Waals surface area contributed by atoms with Crippen molar-refractivity contribution in [3.05, 3.63) is 11.4 Å². The highest BCUT2D eigenvalue weighted by molar-refractivity contribution is 7.44. The minimum Gasteiger partial charge on any atom is -0.319 e. The van der Waals surface area contributed by atoms with Crippen LogP contribution in [-0.2, 0) is 9.05 Å². The Labute approximate surface area is 138 Å². The second-order valence-electron chi connectivity index (χ2n) is 7.49. The Morgan fingerprint density at radius 2 is 1.73 bits per heavy atom. The van der Waals surface area contributed by atoms with Gasteiger partial charge in [0.05, 0.1) is 6.10 Å². The quantitative estimate of drug-likeness (QED) is 0.346. The molecule has 0 amide bonds. The highest BCUT2D eigenvalue weighted by Crippen LogP contribution is 2.49. The molecular formula is C17H33N2O2P. The fraction of sp³-hybridized carbons (Fsp3) is 0.941. The Kier molecular flexibility index (Phi) is 8.28. The van der Waals surface area contributed by atoms with E-state index < -0.39 is 8.53 Å². The Morgan fingerprint density at radius 3 is 2.18 bits per heavy atom. The van der Waals surface area contributed by atoms with E-state index in [1.165, 1.54) is 12.8 Å². The van der Waals surface area contributed by atoms with E-state index in [1.807, 2.05) is 0 Å². The van der Waals surface area contributed by atoms with Gasteiger partial charge in [-0.2, -0.15) is 0 Å². The smallest absolute Gasteiger partial charge is 0.259 e. The lowest BCUT2D eigenvalue weighted by Crippen LogP contribution is -2.35. The zero-order chi connectivity index (χ0) is 16.8. The van der Waals surface area contributed by atoms with Crippen molar-refractivity contribution in [2.45, 2.75) is 85.4 Å². The van der Waals surface area contributed by atoms with Crippen molar-refractivity contribution in [3.63, 3.8) is 0 Å². The zero-order valence-electron chi connectivity index (χ0n) is 15.1. The molecule has 1 aliphatic carbocycles. The van der Waals surface area contributed by atoms with Gasteiger partial charge >= 0.3 is 0 Å². The van der Waals surface area contributed by atoms with Gasteiger partial charge in [-0.25, -0.2) is 11.2 Å². The van der Waals surface area contributed by atoms with Gasteiger partial charge in [0.25, 0.3) is 8.53 Å². The lowest BCUT2D eigenvalue weighted by molar-refractivity contribution is 0.0746. The van der Waals surface area contributed by atoms with E-state index >= 15 is 0 Å². The van der Waals surface area contributed by atoms with Crippen LogP contribution in [0.3, 0.4) is 0 Å². The Bertz CT molecular complexity index is 348. The maximum Gasteiger partial charge on any atom is 0.259 e. The molecule has 1 fully saturated rings. The molecule has 0 aromatic rings. The summed E-state index contributed by atoms with van der Waals surface area (Å²) in [5, 5.41) is 0. The molecule has 5 heteroatoms. The van der Waals surface area contributed by atoms with Gasteiger partial charge in [0.1, 0.15) is 6.61 Å². The Balaban J connectivity index is 2.67. The minimum absolute atomic E-state index is 0.298. The number of rotatable bonds is 8. The van der Waals surface area contributed by atoms with Crippen LogP contribution in [0.2, 0.25) is 0 Å². The van der Waals surface area contributed by atoms with Crippen LogP contribution < -0.4 is 0 Å². The largest absolute Gasteiger partial charge is 0.319 e. The van der Waals surface area contributed by atoms with Gasteiger partial charge < -0.3 is 13.9 Å². The average molecular weight is 328 g/mol. The normalized spacial score (nSPS) is 20.5. The molecule has 1 unspecified atom stereocenters. The molecule has 128 valence electrons. The van der Waals surface area contributed by atoms with Gasteiger partial charge in [0.2, 0.25) is 6.54 Å². The highest BCUT2D eigenvalue weighted by Gasteiger charge is 2.33. The van der Waals surface area contributed by atoms with Crippen molar-refractivity contribution < 1.29 is 9.05 Å². The second kappa shape index (κ2) is 9.18. The molecule has 0 N–H and O–H groups in total. The summed E-state index contributed by atoms with van der Waals surface area (Å²) in [6.45, 7) is 21.2. The Hall–Kier alpha value is -0.200. The second-order valence-corrected chi connectivity index (χ2v) is 8.90. The summed E-state index contributed by atoms with van der Waals surface area (Å²) in [4.78, 5) is 3.38. The molecule has 1 rings (SSSR count). The molecule has 0 heterocycles. The molecular weight excluding hydrogens is 295 g/mol. The van der Waals surface area contributed by atoms with Crippen molar-refractivity contribution in [1.29, 1.82) is 0 Å². The summed E-state index contributed by atoms with van der Waals surface area (Å²) in [6.07, 6.45) is 4.95. The first-order chi connectivity index (χ1) is 10.3. The number of hydrogen-bond acceptors (Lipinski definition) is 3. The van der Waals surface area contributed by atoms with Crippen molar-refractivity contribution in [2.24, 2.45) is 5.41 Å². The molecule has 0 spiro atoms. The average Bonchev–Trinajstić information content (AvgIpc) is 2.40. The summed E-state index contributed by atoms with van der Waals surface area (Å²) in [7, 11) is -1.08. The first-order valence-electron chi connectivity index (χ1n) is 8.48. The maximum atomic E-state index is 6.92. The molecule has 1 saturated carbocycles. The van der Waals surface area contributed by atoms with Gasteiger partial charge in [-0.05, 0) is 58.8 Å². The molecule has 22 heavy (non-hydrogen) atoms. The van der Waals surface area contributed by atoms with Crippen LogP contribution >= 0.6 is 8.53 Å². The predicted molar refractivity (Wildman–Crippen MR) is 93.6 cm³/mol. The van der Waals surface area contributed by atoms with Gasteiger partial charge in [-0.15, -0.1) is 0 Å². The monoisotopic (exact) mass is 328 g/mol. The molecule has 4 nitrogen and oxygen atoms in total. The SMILES string of the molecule is [C-]#[N+]CCOP(OC1CCC(C)(C)CC1)N(C(C)C)C(C)C. The van der Waals surface area contributed by atoms with Crippen LogP contribution in [-0.4, -0.2) is 36.0 Å². The molecule has 0 aromatic heterocycles. The summed E-state index contributed by atoms with van der Waals surface area (Å²) < 4.78 is 14.7. The van der Waals surface area contributed by atoms with Crippen molar-refractivity contribution >= 4 is 8.53 Å². The van der Waals surface area contributed by atoms with Crippen LogP contribution in [0.25, 0.3) is 4.85 Å². The van der Waals surface area contributed by atoms with Crippen molar-refractivity contribution in [3.8, 4) is 0 Å². The maximum absolute atomic E-state index is 6.92. The zero-order valence-corrected chi connectivity index (χ0v) is 16.0. The lowest BCUT2D eigenvalue weighted by atomic mass is 9.76. The van der Waals surface area contributed by atoms with Gasteiger partial charge in [0, 0.05) is 12.1 Å². The van der Waals surface area contributed by atoms with Gasteiger partial charge in [-0.1, -0.05) is 13.8 Å². The van der Waals surface area contributed by atoms with E-state index in [4.69, 9.17) is 15.6 Å². The third kappa shape index (κ3) is 6.50. The number of hydrogen-bond donors (Lipinski definition) is 0. The minimum atomic E-state index is -1.08. The Morgan fingerprint density at radius 1 is 1.18 bits per heavy atom. The summed E-state index contributed by atoms with van der Waals surface area (Å²) in [6, 6.07) is 0.748. The van der Waals surface area contributed by atoms with Crippen LogP contribution in [0.5, 0.6) is 0 Å². The summed E-state index contributed by atoms with van der Waals surface area (Å²) in [5.41, 5.74) is 0.448. The molecule has 1 atom stereocenters. The highest BCUT2D eigenvalue weighted by atomic mass is 31.2. The predicted octanol–water partition coefficient (Wildman–Crippen LogP) is 5.25. The van der Waals surface area contributed by atoms with Gasteiger partial charge in [-0.3, -0.25) is 0 Å². The van der Waals surface area contributed by atoms with Crippen LogP contribution in [0.4, 0.5) is 0 Å². The summed E-state index contributed by atoms with van der Waals surface area (Å²) in [5.74, 6) is 0. The topological polar surface area (TPSA) is 26.1 Å². The van der Waals surface area contributed by atoms with E-state index in [0.717, 1.165) is 12.8 Å². The van der Waals surface area contributed by atoms with E-state index in [-0.39, 0.29) is 0 Å². The van der Waals surface area contributed by atoms with E-state index in [9.17, 15) is 0 Å².